The first kappa shape index (κ1) is 26.5. The lowest BCUT2D eigenvalue weighted by Crippen LogP contribution is -2.46. The minimum absolute atomic E-state index is 0.0759. The van der Waals surface area contributed by atoms with Crippen molar-refractivity contribution in [3.05, 3.63) is 0 Å². The van der Waals surface area contributed by atoms with Gasteiger partial charge in [0.1, 0.15) is 0 Å². The first-order valence-electron chi connectivity index (χ1n) is 10.9. The lowest BCUT2D eigenvalue weighted by atomic mass is 10.0. The Bertz CT molecular complexity index is 340. The van der Waals surface area contributed by atoms with E-state index in [2.05, 4.69) is 12.2 Å². The molecule has 0 bridgehead atoms. The summed E-state index contributed by atoms with van der Waals surface area (Å²) in [4.78, 5) is 11.9. The van der Waals surface area contributed by atoms with E-state index in [1.165, 1.54) is 12.8 Å². The Morgan fingerprint density at radius 2 is 1.44 bits per heavy atom. The molecule has 0 radical (unpaired) electrons. The Morgan fingerprint density at radius 3 is 1.96 bits per heavy atom. The standard InChI is InChI=1S/C20H43NO5Si/c1-5-9-10-14-19(22)15-11-12-16-20(23)21-17-13-18-27(24-6-2,25-7-3)26-8-4/h19,22H,5-18H2,1-4H3,(H,21,23). The number of unbranched alkanes of at least 4 members (excludes halogenated alkanes) is 3. The lowest BCUT2D eigenvalue weighted by Gasteiger charge is -2.28. The van der Waals surface area contributed by atoms with Gasteiger partial charge in [0.2, 0.25) is 5.91 Å². The molecule has 0 rings (SSSR count). The third-order valence-corrected chi connectivity index (χ3v) is 7.56. The molecule has 1 atom stereocenters. The maximum absolute atomic E-state index is 11.9. The average molecular weight is 406 g/mol. The molecular weight excluding hydrogens is 362 g/mol. The van der Waals surface area contributed by atoms with E-state index in [4.69, 9.17) is 13.3 Å². The van der Waals surface area contributed by atoms with Gasteiger partial charge in [-0.15, -0.1) is 0 Å². The highest BCUT2D eigenvalue weighted by molar-refractivity contribution is 6.60. The zero-order valence-corrected chi connectivity index (χ0v) is 19.1. The monoisotopic (exact) mass is 405 g/mol. The van der Waals surface area contributed by atoms with Gasteiger partial charge in [0.15, 0.2) is 0 Å². The zero-order chi connectivity index (χ0) is 20.4. The van der Waals surface area contributed by atoms with E-state index >= 15 is 0 Å². The van der Waals surface area contributed by atoms with Crippen LogP contribution >= 0.6 is 0 Å². The van der Waals surface area contributed by atoms with Crippen molar-refractivity contribution in [1.82, 2.24) is 5.32 Å². The second-order valence-corrected chi connectivity index (χ2v) is 9.56. The molecule has 0 aliphatic carbocycles. The third-order valence-electron chi connectivity index (χ3n) is 4.41. The van der Waals surface area contributed by atoms with E-state index in [1.807, 2.05) is 20.8 Å². The number of amides is 1. The molecule has 0 aromatic carbocycles. The fourth-order valence-corrected chi connectivity index (χ4v) is 5.67. The van der Waals surface area contributed by atoms with E-state index in [1.54, 1.807) is 0 Å². The van der Waals surface area contributed by atoms with E-state index < -0.39 is 8.80 Å². The van der Waals surface area contributed by atoms with Crippen LogP contribution in [0.1, 0.15) is 85.5 Å². The Kier molecular flexibility index (Phi) is 17.3. The van der Waals surface area contributed by atoms with Gasteiger partial charge in [-0.3, -0.25) is 4.79 Å². The van der Waals surface area contributed by atoms with Crippen LogP contribution in [0.15, 0.2) is 0 Å². The summed E-state index contributed by atoms with van der Waals surface area (Å²) in [5, 5.41) is 12.9. The van der Waals surface area contributed by atoms with E-state index in [0.717, 1.165) is 38.5 Å². The lowest BCUT2D eigenvalue weighted by molar-refractivity contribution is -0.121. The first-order valence-corrected chi connectivity index (χ1v) is 12.8. The molecule has 6 nitrogen and oxygen atoms in total. The number of aliphatic hydroxyl groups is 1. The molecule has 0 aromatic rings. The highest BCUT2D eigenvalue weighted by Gasteiger charge is 2.39. The zero-order valence-electron chi connectivity index (χ0n) is 18.1. The summed E-state index contributed by atoms with van der Waals surface area (Å²) in [6.07, 6.45) is 7.94. The van der Waals surface area contributed by atoms with Crippen LogP contribution in [0, 0.1) is 0 Å². The van der Waals surface area contributed by atoms with Crippen LogP contribution < -0.4 is 5.32 Å². The fourth-order valence-electron chi connectivity index (χ4n) is 3.06. The normalized spacial score (nSPS) is 12.9. The summed E-state index contributed by atoms with van der Waals surface area (Å²) in [6, 6.07) is 0.715. The molecule has 162 valence electrons. The molecule has 1 unspecified atom stereocenters. The predicted molar refractivity (Wildman–Crippen MR) is 112 cm³/mol. The molecule has 2 N–H and O–H groups in total. The van der Waals surface area contributed by atoms with Crippen LogP contribution in [0.4, 0.5) is 0 Å². The molecule has 0 aromatic heterocycles. The van der Waals surface area contributed by atoms with Crippen molar-refractivity contribution in [3.63, 3.8) is 0 Å². The highest BCUT2D eigenvalue weighted by Crippen LogP contribution is 2.18. The van der Waals surface area contributed by atoms with Crippen molar-refractivity contribution in [1.29, 1.82) is 0 Å². The summed E-state index contributed by atoms with van der Waals surface area (Å²) in [5.41, 5.74) is 0. The predicted octanol–water partition coefficient (Wildman–Crippen LogP) is 4.04. The first-order chi connectivity index (χ1) is 13.0. The maximum Gasteiger partial charge on any atom is 0.500 e. The van der Waals surface area contributed by atoms with Crippen molar-refractivity contribution in [3.8, 4) is 0 Å². The van der Waals surface area contributed by atoms with Gasteiger partial charge in [0.25, 0.3) is 0 Å². The number of carbonyl (C=O) groups is 1. The van der Waals surface area contributed by atoms with Crippen LogP contribution in [-0.4, -0.2) is 52.3 Å². The Balaban J connectivity index is 3.88. The SMILES string of the molecule is CCCCCC(O)CCCCC(=O)NCCC[Si](OCC)(OCC)OCC. The van der Waals surface area contributed by atoms with Gasteiger partial charge in [-0.25, -0.2) is 0 Å². The van der Waals surface area contributed by atoms with Crippen LogP contribution in [0.25, 0.3) is 0 Å². The molecule has 7 heteroatoms. The van der Waals surface area contributed by atoms with Gasteiger partial charge >= 0.3 is 8.80 Å². The minimum atomic E-state index is -2.60. The van der Waals surface area contributed by atoms with Crippen molar-refractivity contribution in [2.45, 2.75) is 97.6 Å². The molecule has 0 spiro atoms. The van der Waals surface area contributed by atoms with Crippen molar-refractivity contribution in [2.24, 2.45) is 0 Å². The molecule has 0 aliphatic heterocycles. The minimum Gasteiger partial charge on any atom is -0.393 e. The topological polar surface area (TPSA) is 77.0 Å². The molecule has 0 fully saturated rings. The quantitative estimate of drug-likeness (QED) is 0.250. The second kappa shape index (κ2) is 17.6. The number of rotatable bonds is 19. The molecule has 1 amide bonds. The van der Waals surface area contributed by atoms with E-state index in [9.17, 15) is 9.90 Å². The van der Waals surface area contributed by atoms with E-state index in [0.29, 0.717) is 38.8 Å². The summed E-state index contributed by atoms with van der Waals surface area (Å²) in [7, 11) is -2.60. The van der Waals surface area contributed by atoms with Gasteiger partial charge in [0.05, 0.1) is 6.10 Å². The maximum atomic E-state index is 11.9. The average Bonchev–Trinajstić information content (AvgIpc) is 2.63. The van der Waals surface area contributed by atoms with Gasteiger partial charge < -0.3 is 23.7 Å². The van der Waals surface area contributed by atoms with Crippen LogP contribution in [-0.2, 0) is 18.1 Å². The molecule has 0 saturated heterocycles. The number of aliphatic hydroxyl groups excluding tert-OH is 1. The smallest absolute Gasteiger partial charge is 0.393 e. The number of hydrogen-bond donors (Lipinski definition) is 2. The number of carbonyl (C=O) groups excluding carboxylic acids is 1. The fraction of sp³-hybridized carbons (Fsp3) is 0.950. The largest absolute Gasteiger partial charge is 0.500 e. The number of nitrogens with one attached hydrogen (secondary N) is 1. The molecular formula is C20H43NO5Si. The van der Waals surface area contributed by atoms with Crippen LogP contribution in [0.3, 0.4) is 0 Å². The summed E-state index contributed by atoms with van der Waals surface area (Å²) >= 11 is 0. The van der Waals surface area contributed by atoms with Gasteiger partial charge in [0, 0.05) is 38.8 Å². The molecule has 0 saturated carbocycles. The van der Waals surface area contributed by atoms with Crippen LogP contribution in [0.2, 0.25) is 6.04 Å². The van der Waals surface area contributed by atoms with Crippen molar-refractivity contribution < 1.29 is 23.2 Å². The van der Waals surface area contributed by atoms with Crippen molar-refractivity contribution >= 4 is 14.7 Å². The Labute approximate surface area is 167 Å². The Hall–Kier alpha value is -0.473. The summed E-state index contributed by atoms with van der Waals surface area (Å²) in [6.45, 7) is 10.3. The van der Waals surface area contributed by atoms with Crippen LogP contribution in [0.5, 0.6) is 0 Å². The Morgan fingerprint density at radius 1 is 0.889 bits per heavy atom. The van der Waals surface area contributed by atoms with Crippen molar-refractivity contribution in [2.75, 3.05) is 26.4 Å². The highest BCUT2D eigenvalue weighted by atomic mass is 28.4. The van der Waals surface area contributed by atoms with E-state index in [-0.39, 0.29) is 12.0 Å². The molecule has 0 heterocycles. The molecule has 0 aliphatic rings. The molecule has 27 heavy (non-hydrogen) atoms. The number of hydrogen-bond acceptors (Lipinski definition) is 5. The second-order valence-electron chi connectivity index (χ2n) is 6.83. The van der Waals surface area contributed by atoms with Gasteiger partial charge in [-0.05, 0) is 46.5 Å². The van der Waals surface area contributed by atoms with Gasteiger partial charge in [-0.2, -0.15) is 0 Å². The van der Waals surface area contributed by atoms with Gasteiger partial charge in [-0.1, -0.05) is 32.6 Å². The summed E-state index contributed by atoms with van der Waals surface area (Å²) < 4.78 is 17.4. The summed E-state index contributed by atoms with van der Waals surface area (Å²) in [5.74, 6) is 0.0759. The third kappa shape index (κ3) is 14.2.